The van der Waals surface area contributed by atoms with Crippen molar-refractivity contribution in [3.8, 4) is 0 Å². The minimum atomic E-state index is -4.54. The molecule has 0 bridgehead atoms. The van der Waals surface area contributed by atoms with Gasteiger partial charge < -0.3 is 19.5 Å². The zero-order chi connectivity index (χ0) is 23.0. The first-order chi connectivity index (χ1) is 15.1. The summed E-state index contributed by atoms with van der Waals surface area (Å²) < 4.78 is 50.8. The normalized spacial score (nSPS) is 14.9. The van der Waals surface area contributed by atoms with E-state index in [2.05, 4.69) is 15.5 Å². The van der Waals surface area contributed by atoms with Crippen molar-refractivity contribution in [2.75, 3.05) is 36.5 Å². The van der Waals surface area contributed by atoms with Crippen LogP contribution in [0.15, 0.2) is 28.8 Å². The van der Waals surface area contributed by atoms with Crippen LogP contribution in [-0.2, 0) is 10.9 Å². The van der Waals surface area contributed by atoms with Crippen LogP contribution in [0.5, 0.6) is 0 Å². The standard InChI is InChI=1S/C22H23F3N4O3/c1-12(2)16-11-15(19-13(3)28-32-21(19)27-16)20(30)26-17-10-14(22(23,24)25)4-5-18(17)29-6-8-31-9-7-29/h4-5,10-12H,6-9H2,1-3H3,(H,26,30). The molecule has 1 fully saturated rings. The Morgan fingerprint density at radius 2 is 1.91 bits per heavy atom. The van der Waals surface area contributed by atoms with Gasteiger partial charge in [0.15, 0.2) is 0 Å². The Morgan fingerprint density at radius 1 is 1.19 bits per heavy atom. The number of rotatable bonds is 4. The molecule has 3 aromatic rings. The molecular weight excluding hydrogens is 425 g/mol. The summed E-state index contributed by atoms with van der Waals surface area (Å²) in [4.78, 5) is 19.6. The topological polar surface area (TPSA) is 80.5 Å². The third-order valence-electron chi connectivity index (χ3n) is 5.40. The molecule has 0 spiro atoms. The van der Waals surface area contributed by atoms with Crippen molar-refractivity contribution < 1.29 is 27.2 Å². The first-order valence-electron chi connectivity index (χ1n) is 10.3. The maximum atomic E-state index is 13.4. The molecule has 0 aliphatic carbocycles. The molecule has 1 saturated heterocycles. The van der Waals surface area contributed by atoms with E-state index in [4.69, 9.17) is 9.26 Å². The van der Waals surface area contributed by atoms with Gasteiger partial charge in [0.2, 0.25) is 0 Å². The van der Waals surface area contributed by atoms with Gasteiger partial charge in [0.05, 0.1) is 46.8 Å². The first kappa shape index (κ1) is 22.1. The lowest BCUT2D eigenvalue weighted by Gasteiger charge is -2.31. The average molecular weight is 448 g/mol. The highest BCUT2D eigenvalue weighted by Gasteiger charge is 2.32. The summed E-state index contributed by atoms with van der Waals surface area (Å²) in [5, 5.41) is 7.03. The lowest BCUT2D eigenvalue weighted by atomic mass is 10.0. The second-order valence-electron chi connectivity index (χ2n) is 7.98. The van der Waals surface area contributed by atoms with Crippen LogP contribution in [0.1, 0.15) is 47.1 Å². The summed E-state index contributed by atoms with van der Waals surface area (Å²) in [6.07, 6.45) is -4.54. The maximum absolute atomic E-state index is 13.4. The van der Waals surface area contributed by atoms with E-state index in [-0.39, 0.29) is 22.9 Å². The quantitative estimate of drug-likeness (QED) is 0.620. The second kappa shape index (κ2) is 8.42. The van der Waals surface area contributed by atoms with E-state index in [1.54, 1.807) is 13.0 Å². The number of carbonyl (C=O) groups excluding carboxylic acids is 1. The van der Waals surface area contributed by atoms with Gasteiger partial charge in [-0.05, 0) is 37.1 Å². The molecule has 3 heterocycles. The van der Waals surface area contributed by atoms with E-state index in [0.717, 1.165) is 12.1 Å². The zero-order valence-corrected chi connectivity index (χ0v) is 17.9. The Bertz CT molecular complexity index is 1150. The van der Waals surface area contributed by atoms with Gasteiger partial charge in [0, 0.05) is 18.8 Å². The molecule has 32 heavy (non-hydrogen) atoms. The molecule has 0 unspecified atom stereocenters. The number of pyridine rings is 1. The van der Waals surface area contributed by atoms with Crippen LogP contribution in [0.2, 0.25) is 0 Å². The number of anilines is 2. The van der Waals surface area contributed by atoms with E-state index in [1.807, 2.05) is 18.7 Å². The molecule has 0 radical (unpaired) electrons. The molecule has 1 aliphatic rings. The van der Waals surface area contributed by atoms with Crippen LogP contribution in [0.25, 0.3) is 11.1 Å². The van der Waals surface area contributed by atoms with Crippen molar-refractivity contribution in [1.82, 2.24) is 10.1 Å². The Balaban J connectivity index is 1.78. The van der Waals surface area contributed by atoms with Crippen LogP contribution in [0, 0.1) is 6.92 Å². The van der Waals surface area contributed by atoms with Gasteiger partial charge in [-0.2, -0.15) is 13.2 Å². The number of ether oxygens (including phenoxy) is 1. The van der Waals surface area contributed by atoms with Gasteiger partial charge in [-0.1, -0.05) is 19.0 Å². The fourth-order valence-electron chi connectivity index (χ4n) is 3.67. The van der Waals surface area contributed by atoms with E-state index in [9.17, 15) is 18.0 Å². The molecule has 1 aliphatic heterocycles. The molecule has 1 N–H and O–H groups in total. The summed E-state index contributed by atoms with van der Waals surface area (Å²) in [7, 11) is 0. The molecule has 2 aromatic heterocycles. The predicted molar refractivity (Wildman–Crippen MR) is 113 cm³/mol. The zero-order valence-electron chi connectivity index (χ0n) is 17.9. The van der Waals surface area contributed by atoms with Crippen molar-refractivity contribution in [3.05, 3.63) is 46.8 Å². The third kappa shape index (κ3) is 4.27. The van der Waals surface area contributed by atoms with Crippen LogP contribution in [0.4, 0.5) is 24.5 Å². The molecule has 10 heteroatoms. The summed E-state index contributed by atoms with van der Waals surface area (Å²) in [5.74, 6) is -0.548. The SMILES string of the molecule is Cc1noc2nc(C(C)C)cc(C(=O)Nc3cc(C(F)(F)F)ccc3N3CCOCC3)c12. The van der Waals surface area contributed by atoms with Crippen LogP contribution >= 0.6 is 0 Å². The van der Waals surface area contributed by atoms with Crippen molar-refractivity contribution in [2.45, 2.75) is 32.9 Å². The van der Waals surface area contributed by atoms with Crippen molar-refractivity contribution in [2.24, 2.45) is 0 Å². The van der Waals surface area contributed by atoms with Gasteiger partial charge in [-0.15, -0.1) is 0 Å². The van der Waals surface area contributed by atoms with Crippen LogP contribution in [-0.4, -0.2) is 42.4 Å². The highest BCUT2D eigenvalue weighted by atomic mass is 19.4. The Hall–Kier alpha value is -3.14. The Kier molecular flexibility index (Phi) is 5.81. The number of benzene rings is 1. The fraction of sp³-hybridized carbons (Fsp3) is 0.409. The lowest BCUT2D eigenvalue weighted by molar-refractivity contribution is -0.137. The average Bonchev–Trinajstić information content (AvgIpc) is 3.14. The molecular formula is C22H23F3N4O3. The summed E-state index contributed by atoms with van der Waals surface area (Å²) in [6.45, 7) is 7.45. The monoisotopic (exact) mass is 448 g/mol. The number of hydrogen-bond acceptors (Lipinski definition) is 6. The van der Waals surface area contributed by atoms with E-state index < -0.39 is 17.6 Å². The van der Waals surface area contributed by atoms with E-state index in [1.165, 1.54) is 6.07 Å². The minimum Gasteiger partial charge on any atom is -0.378 e. The number of halogens is 3. The maximum Gasteiger partial charge on any atom is 0.416 e. The number of amides is 1. The summed E-state index contributed by atoms with van der Waals surface area (Å²) in [6, 6.07) is 5.00. The minimum absolute atomic E-state index is 0.00817. The molecule has 1 amide bonds. The van der Waals surface area contributed by atoms with Crippen molar-refractivity contribution >= 4 is 28.4 Å². The van der Waals surface area contributed by atoms with Crippen molar-refractivity contribution in [3.63, 3.8) is 0 Å². The number of nitrogens with one attached hydrogen (secondary N) is 1. The van der Waals surface area contributed by atoms with E-state index >= 15 is 0 Å². The van der Waals surface area contributed by atoms with Crippen molar-refractivity contribution in [1.29, 1.82) is 0 Å². The molecule has 7 nitrogen and oxygen atoms in total. The second-order valence-corrected chi connectivity index (χ2v) is 7.98. The summed E-state index contributed by atoms with van der Waals surface area (Å²) >= 11 is 0. The number of aryl methyl sites for hydroxylation is 1. The fourth-order valence-corrected chi connectivity index (χ4v) is 3.67. The largest absolute Gasteiger partial charge is 0.416 e. The van der Waals surface area contributed by atoms with Gasteiger partial charge in [-0.3, -0.25) is 4.79 Å². The highest BCUT2D eigenvalue weighted by molar-refractivity contribution is 6.13. The highest BCUT2D eigenvalue weighted by Crippen LogP contribution is 2.36. The number of aromatic nitrogens is 2. The Morgan fingerprint density at radius 3 is 2.56 bits per heavy atom. The number of fused-ring (bicyclic) bond motifs is 1. The summed E-state index contributed by atoms with van der Waals surface area (Å²) in [5.41, 5.74) is 1.32. The third-order valence-corrected chi connectivity index (χ3v) is 5.40. The van der Waals surface area contributed by atoms with Gasteiger partial charge in [0.1, 0.15) is 0 Å². The van der Waals surface area contributed by atoms with Gasteiger partial charge in [0.25, 0.3) is 11.6 Å². The molecule has 1 aromatic carbocycles. The number of alkyl halides is 3. The number of carbonyl (C=O) groups is 1. The Labute approximate surface area is 182 Å². The van der Waals surface area contributed by atoms with Gasteiger partial charge >= 0.3 is 6.18 Å². The van der Waals surface area contributed by atoms with E-state index in [0.29, 0.717) is 48.8 Å². The van der Waals surface area contributed by atoms with Crippen LogP contribution < -0.4 is 10.2 Å². The molecule has 0 saturated carbocycles. The molecule has 0 atom stereocenters. The predicted octanol–water partition coefficient (Wildman–Crippen LogP) is 4.76. The number of morpholine rings is 1. The van der Waals surface area contributed by atoms with Gasteiger partial charge in [-0.25, -0.2) is 4.98 Å². The smallest absolute Gasteiger partial charge is 0.378 e. The number of nitrogens with zero attached hydrogens (tertiary/aromatic N) is 3. The molecule has 4 rings (SSSR count). The lowest BCUT2D eigenvalue weighted by Crippen LogP contribution is -2.36. The van der Waals surface area contributed by atoms with Crippen LogP contribution in [0.3, 0.4) is 0 Å². The number of hydrogen-bond donors (Lipinski definition) is 1. The first-order valence-corrected chi connectivity index (χ1v) is 10.3. The molecule has 170 valence electrons.